The molecule has 3 rings (SSSR count). The number of carbonyl (C=O) groups is 1. The van der Waals surface area contributed by atoms with Gasteiger partial charge in [-0.15, -0.1) is 11.3 Å². The Morgan fingerprint density at radius 1 is 1.50 bits per heavy atom. The molecule has 22 heavy (non-hydrogen) atoms. The lowest BCUT2D eigenvalue weighted by molar-refractivity contribution is -0.112. The van der Waals surface area contributed by atoms with E-state index in [-0.39, 0.29) is 12.4 Å². The molecule has 1 aromatic heterocycles. The molecular formula is C14H8ClN3O3S. The molecule has 1 amide bonds. The van der Waals surface area contributed by atoms with E-state index in [9.17, 15) is 4.79 Å². The Kier molecular flexibility index (Phi) is 3.96. The van der Waals surface area contributed by atoms with E-state index >= 15 is 0 Å². The molecule has 0 aliphatic carbocycles. The van der Waals surface area contributed by atoms with E-state index in [0.29, 0.717) is 27.2 Å². The number of amides is 1. The quantitative estimate of drug-likeness (QED) is 0.689. The standard InChI is InChI=1S/C14H8ClN3O3S/c15-10-4-8(5-11-12(10)21-7-20-11)3-9(6-16)13(19)18-14-17-1-2-22-14/h1-5H,7H2,(H,17,18,19)/b9-3+. The summed E-state index contributed by atoms with van der Waals surface area (Å²) in [7, 11) is 0. The fourth-order valence-electron chi connectivity index (χ4n) is 1.84. The van der Waals surface area contributed by atoms with Crippen molar-refractivity contribution in [3.05, 3.63) is 39.9 Å². The Bertz CT molecular complexity index is 796. The maximum absolute atomic E-state index is 12.0. The van der Waals surface area contributed by atoms with Gasteiger partial charge in [0.15, 0.2) is 16.6 Å². The van der Waals surface area contributed by atoms with E-state index in [0.717, 1.165) is 0 Å². The highest BCUT2D eigenvalue weighted by Gasteiger charge is 2.18. The second-order valence-corrected chi connectivity index (χ2v) is 5.50. The van der Waals surface area contributed by atoms with E-state index in [1.165, 1.54) is 17.4 Å². The lowest BCUT2D eigenvalue weighted by atomic mass is 10.1. The molecular weight excluding hydrogens is 326 g/mol. The number of fused-ring (bicyclic) bond motifs is 1. The van der Waals surface area contributed by atoms with Crippen LogP contribution in [0.4, 0.5) is 5.13 Å². The first-order chi connectivity index (χ1) is 10.7. The average Bonchev–Trinajstić information content (AvgIpc) is 3.15. The highest BCUT2D eigenvalue weighted by atomic mass is 35.5. The Morgan fingerprint density at radius 2 is 2.36 bits per heavy atom. The summed E-state index contributed by atoms with van der Waals surface area (Å²) in [5.41, 5.74) is 0.505. The van der Waals surface area contributed by atoms with Crippen molar-refractivity contribution in [2.24, 2.45) is 0 Å². The number of nitriles is 1. The lowest BCUT2D eigenvalue weighted by Gasteiger charge is -2.03. The van der Waals surface area contributed by atoms with Gasteiger partial charge in [0.05, 0.1) is 5.02 Å². The number of halogens is 1. The van der Waals surface area contributed by atoms with Crippen LogP contribution in [0.5, 0.6) is 11.5 Å². The van der Waals surface area contributed by atoms with Gasteiger partial charge in [-0.05, 0) is 23.8 Å². The minimum absolute atomic E-state index is 0.0647. The van der Waals surface area contributed by atoms with Gasteiger partial charge in [-0.25, -0.2) is 4.98 Å². The second kappa shape index (κ2) is 6.05. The molecule has 0 spiro atoms. The van der Waals surface area contributed by atoms with Crippen molar-refractivity contribution >= 4 is 40.1 Å². The number of nitrogens with zero attached hydrogens (tertiary/aromatic N) is 2. The average molecular weight is 334 g/mol. The molecule has 0 saturated heterocycles. The van der Waals surface area contributed by atoms with E-state index in [4.69, 9.17) is 26.3 Å². The first-order valence-electron chi connectivity index (χ1n) is 6.09. The van der Waals surface area contributed by atoms with E-state index < -0.39 is 5.91 Å². The van der Waals surface area contributed by atoms with Crippen LogP contribution in [0, 0.1) is 11.3 Å². The van der Waals surface area contributed by atoms with Gasteiger partial charge in [-0.2, -0.15) is 5.26 Å². The summed E-state index contributed by atoms with van der Waals surface area (Å²) in [5.74, 6) is 0.409. The minimum Gasteiger partial charge on any atom is -0.454 e. The van der Waals surface area contributed by atoms with Gasteiger partial charge in [0.25, 0.3) is 5.91 Å². The molecule has 8 heteroatoms. The topological polar surface area (TPSA) is 84.2 Å². The Labute approximate surface area is 134 Å². The van der Waals surface area contributed by atoms with Gasteiger partial charge in [-0.1, -0.05) is 11.6 Å². The van der Waals surface area contributed by atoms with E-state index in [1.54, 1.807) is 23.7 Å². The number of hydrogen-bond acceptors (Lipinski definition) is 6. The van der Waals surface area contributed by atoms with Gasteiger partial charge < -0.3 is 9.47 Å². The number of carbonyl (C=O) groups excluding carboxylic acids is 1. The number of thiazole rings is 1. The van der Waals surface area contributed by atoms with Gasteiger partial charge in [-0.3, -0.25) is 10.1 Å². The molecule has 0 unspecified atom stereocenters. The molecule has 0 bridgehead atoms. The minimum atomic E-state index is -0.536. The second-order valence-electron chi connectivity index (χ2n) is 4.20. The third kappa shape index (κ3) is 2.88. The summed E-state index contributed by atoms with van der Waals surface area (Å²) in [5, 5.41) is 14.2. The van der Waals surface area contributed by atoms with Crippen molar-refractivity contribution in [1.82, 2.24) is 4.98 Å². The van der Waals surface area contributed by atoms with Crippen molar-refractivity contribution in [2.45, 2.75) is 0 Å². The molecule has 1 N–H and O–H groups in total. The van der Waals surface area contributed by atoms with Crippen molar-refractivity contribution in [3.63, 3.8) is 0 Å². The highest BCUT2D eigenvalue weighted by molar-refractivity contribution is 7.13. The summed E-state index contributed by atoms with van der Waals surface area (Å²) in [4.78, 5) is 16.0. The molecule has 0 atom stereocenters. The molecule has 1 aromatic carbocycles. The predicted octanol–water partition coefficient (Wildman–Crippen LogP) is 3.07. The summed E-state index contributed by atoms with van der Waals surface area (Å²) in [6.07, 6.45) is 2.99. The summed E-state index contributed by atoms with van der Waals surface area (Å²) >= 11 is 7.34. The van der Waals surface area contributed by atoms with Crippen molar-refractivity contribution in [1.29, 1.82) is 5.26 Å². The Hall–Kier alpha value is -2.56. The molecule has 2 aromatic rings. The Balaban J connectivity index is 1.87. The third-order valence-corrected chi connectivity index (χ3v) is 3.75. The van der Waals surface area contributed by atoms with Crippen LogP contribution in [0.2, 0.25) is 5.02 Å². The van der Waals surface area contributed by atoms with E-state index in [1.807, 2.05) is 6.07 Å². The monoisotopic (exact) mass is 333 g/mol. The van der Waals surface area contributed by atoms with Crippen LogP contribution >= 0.6 is 22.9 Å². The number of nitrogens with one attached hydrogen (secondary N) is 1. The fourth-order valence-corrected chi connectivity index (χ4v) is 2.63. The van der Waals surface area contributed by atoms with Gasteiger partial charge in [0, 0.05) is 11.6 Å². The van der Waals surface area contributed by atoms with Crippen molar-refractivity contribution in [2.75, 3.05) is 12.1 Å². The number of rotatable bonds is 3. The molecule has 0 fully saturated rings. The zero-order valence-corrected chi connectivity index (χ0v) is 12.6. The smallest absolute Gasteiger partial charge is 0.268 e. The molecule has 1 aliphatic heterocycles. The molecule has 2 heterocycles. The maximum atomic E-state index is 12.0. The van der Waals surface area contributed by atoms with Crippen LogP contribution in [-0.2, 0) is 4.79 Å². The first kappa shape index (κ1) is 14.4. The zero-order valence-electron chi connectivity index (χ0n) is 11.0. The highest BCUT2D eigenvalue weighted by Crippen LogP contribution is 2.40. The molecule has 6 nitrogen and oxygen atoms in total. The van der Waals surface area contributed by atoms with Gasteiger partial charge in [0.1, 0.15) is 11.6 Å². The summed E-state index contributed by atoms with van der Waals surface area (Å²) < 4.78 is 10.5. The Morgan fingerprint density at radius 3 is 3.09 bits per heavy atom. The fraction of sp³-hybridized carbons (Fsp3) is 0.0714. The van der Waals surface area contributed by atoms with E-state index in [2.05, 4.69) is 10.3 Å². The van der Waals surface area contributed by atoms with Gasteiger partial charge in [0.2, 0.25) is 6.79 Å². The van der Waals surface area contributed by atoms with Gasteiger partial charge >= 0.3 is 0 Å². The van der Waals surface area contributed by atoms with Crippen LogP contribution in [0.15, 0.2) is 29.3 Å². The summed E-state index contributed by atoms with van der Waals surface area (Å²) in [6.45, 7) is 0.0951. The predicted molar refractivity (Wildman–Crippen MR) is 81.9 cm³/mol. The number of anilines is 1. The number of aromatic nitrogens is 1. The number of benzene rings is 1. The number of ether oxygens (including phenoxy) is 2. The van der Waals surface area contributed by atoms with Crippen LogP contribution in [0.25, 0.3) is 6.08 Å². The molecule has 110 valence electrons. The third-order valence-electron chi connectivity index (χ3n) is 2.78. The molecule has 0 radical (unpaired) electrons. The zero-order chi connectivity index (χ0) is 15.5. The number of hydrogen-bond donors (Lipinski definition) is 1. The van der Waals surface area contributed by atoms with Crippen LogP contribution in [0.3, 0.4) is 0 Å². The van der Waals surface area contributed by atoms with Crippen LogP contribution in [0.1, 0.15) is 5.56 Å². The largest absolute Gasteiger partial charge is 0.454 e. The summed E-state index contributed by atoms with van der Waals surface area (Å²) in [6, 6.07) is 5.12. The van der Waals surface area contributed by atoms with Crippen molar-refractivity contribution < 1.29 is 14.3 Å². The molecule has 1 aliphatic rings. The maximum Gasteiger partial charge on any atom is 0.268 e. The lowest BCUT2D eigenvalue weighted by Crippen LogP contribution is -2.13. The normalized spacial score (nSPS) is 12.8. The first-order valence-corrected chi connectivity index (χ1v) is 7.35. The SMILES string of the molecule is N#C/C(=C\c1cc(Cl)c2c(c1)OCO2)C(=O)Nc1nccs1. The molecule has 0 saturated carbocycles. The van der Waals surface area contributed by atoms with Crippen molar-refractivity contribution in [3.8, 4) is 17.6 Å². The van der Waals surface area contributed by atoms with Crippen LogP contribution < -0.4 is 14.8 Å². The van der Waals surface area contributed by atoms with Crippen LogP contribution in [-0.4, -0.2) is 17.7 Å².